The number of methoxy groups -OCH3 is 1. The summed E-state index contributed by atoms with van der Waals surface area (Å²) in [7, 11) is -1.83. The predicted octanol–water partition coefficient (Wildman–Crippen LogP) is 1.49. The summed E-state index contributed by atoms with van der Waals surface area (Å²) < 4.78 is 32.4. The van der Waals surface area contributed by atoms with Gasteiger partial charge in [0.1, 0.15) is 5.75 Å². The number of hydrogen-bond acceptors (Lipinski definition) is 4. The Kier molecular flexibility index (Phi) is 5.01. The van der Waals surface area contributed by atoms with Crippen LogP contribution in [0, 0.1) is 5.92 Å². The van der Waals surface area contributed by atoms with Crippen LogP contribution < -0.4 is 14.8 Å². The molecule has 20 heavy (non-hydrogen) atoms. The molecule has 0 saturated heterocycles. The molecule has 6 heteroatoms. The molecule has 2 rings (SSSR count). The van der Waals surface area contributed by atoms with E-state index in [1.165, 1.54) is 0 Å². The van der Waals surface area contributed by atoms with Crippen LogP contribution in [0.25, 0.3) is 0 Å². The fraction of sp³-hybridized carbons (Fsp3) is 0.571. The van der Waals surface area contributed by atoms with Gasteiger partial charge in [-0.05, 0) is 43.5 Å². The summed E-state index contributed by atoms with van der Waals surface area (Å²) in [5.41, 5.74) is 0.851. The summed E-state index contributed by atoms with van der Waals surface area (Å²) in [6.07, 6.45) is 2.24. The molecule has 0 amide bonds. The molecule has 0 spiro atoms. The zero-order valence-electron chi connectivity index (χ0n) is 12.0. The zero-order chi connectivity index (χ0) is 14.6. The summed E-state index contributed by atoms with van der Waals surface area (Å²) in [5, 5.41) is 3.18. The third-order valence-electron chi connectivity index (χ3n) is 3.39. The first-order chi connectivity index (χ1) is 9.56. The van der Waals surface area contributed by atoms with Crippen LogP contribution in [-0.2, 0) is 16.6 Å². The van der Waals surface area contributed by atoms with E-state index in [9.17, 15) is 8.42 Å². The van der Waals surface area contributed by atoms with Crippen molar-refractivity contribution in [2.45, 2.75) is 31.2 Å². The highest BCUT2D eigenvalue weighted by atomic mass is 32.2. The van der Waals surface area contributed by atoms with Gasteiger partial charge in [0.2, 0.25) is 10.0 Å². The number of benzene rings is 1. The lowest BCUT2D eigenvalue weighted by molar-refractivity contribution is 0.407. The third kappa shape index (κ3) is 3.94. The Bertz CT molecular complexity index is 554. The maximum absolute atomic E-state index is 12.2. The van der Waals surface area contributed by atoms with Gasteiger partial charge < -0.3 is 10.1 Å². The van der Waals surface area contributed by atoms with Crippen LogP contribution in [0.3, 0.4) is 0 Å². The minimum Gasteiger partial charge on any atom is -0.496 e. The predicted molar refractivity (Wildman–Crippen MR) is 78.3 cm³/mol. The molecular weight excluding hydrogens is 276 g/mol. The highest BCUT2D eigenvalue weighted by molar-refractivity contribution is 7.89. The zero-order valence-corrected chi connectivity index (χ0v) is 12.8. The highest BCUT2D eigenvalue weighted by Gasteiger charge is 2.24. The van der Waals surface area contributed by atoms with Gasteiger partial charge in [0.15, 0.2) is 0 Å². The fourth-order valence-corrected chi connectivity index (χ4v) is 3.12. The molecule has 0 atom stereocenters. The van der Waals surface area contributed by atoms with Crippen LogP contribution in [0.2, 0.25) is 0 Å². The molecule has 5 nitrogen and oxygen atoms in total. The van der Waals surface area contributed by atoms with E-state index in [4.69, 9.17) is 4.74 Å². The first-order valence-corrected chi connectivity index (χ1v) is 8.42. The topological polar surface area (TPSA) is 67.4 Å². The third-order valence-corrected chi connectivity index (χ3v) is 4.81. The molecule has 0 aliphatic heterocycles. The van der Waals surface area contributed by atoms with Gasteiger partial charge in [-0.1, -0.05) is 6.92 Å². The Morgan fingerprint density at radius 3 is 2.70 bits per heavy atom. The summed E-state index contributed by atoms with van der Waals surface area (Å²) in [4.78, 5) is 0.298. The summed E-state index contributed by atoms with van der Waals surface area (Å²) in [6.45, 7) is 3.95. The van der Waals surface area contributed by atoms with Crippen molar-refractivity contribution in [1.29, 1.82) is 0 Å². The van der Waals surface area contributed by atoms with Gasteiger partial charge in [0.25, 0.3) is 0 Å². The van der Waals surface area contributed by atoms with E-state index in [1.54, 1.807) is 25.3 Å². The molecule has 2 N–H and O–H groups in total. The number of ether oxygens (including phenoxy) is 1. The van der Waals surface area contributed by atoms with E-state index in [0.29, 0.717) is 29.7 Å². The molecule has 0 aromatic heterocycles. The molecular formula is C14H22N2O3S. The second-order valence-corrected chi connectivity index (χ2v) is 6.82. The van der Waals surface area contributed by atoms with Crippen molar-refractivity contribution < 1.29 is 13.2 Å². The van der Waals surface area contributed by atoms with E-state index < -0.39 is 10.0 Å². The summed E-state index contributed by atoms with van der Waals surface area (Å²) >= 11 is 0. The van der Waals surface area contributed by atoms with Gasteiger partial charge in [0, 0.05) is 18.7 Å². The second kappa shape index (κ2) is 6.56. The quantitative estimate of drug-likeness (QED) is 0.763. The average molecular weight is 298 g/mol. The van der Waals surface area contributed by atoms with Gasteiger partial charge in [-0.2, -0.15) is 0 Å². The van der Waals surface area contributed by atoms with Gasteiger partial charge in [0.05, 0.1) is 12.0 Å². The molecule has 1 aliphatic rings. The Hall–Kier alpha value is -1.11. The fourth-order valence-electron chi connectivity index (χ4n) is 1.95. The van der Waals surface area contributed by atoms with Crippen molar-refractivity contribution in [2.75, 3.05) is 20.2 Å². The first-order valence-electron chi connectivity index (χ1n) is 6.94. The van der Waals surface area contributed by atoms with Crippen LogP contribution in [0.15, 0.2) is 23.1 Å². The van der Waals surface area contributed by atoms with E-state index in [-0.39, 0.29) is 0 Å². The van der Waals surface area contributed by atoms with Crippen molar-refractivity contribution in [1.82, 2.24) is 10.0 Å². The van der Waals surface area contributed by atoms with Crippen molar-refractivity contribution in [3.63, 3.8) is 0 Å². The highest BCUT2D eigenvalue weighted by Crippen LogP contribution is 2.28. The van der Waals surface area contributed by atoms with Crippen LogP contribution >= 0.6 is 0 Å². The average Bonchev–Trinajstić information content (AvgIpc) is 3.27. The van der Waals surface area contributed by atoms with E-state index in [1.807, 2.05) is 6.92 Å². The maximum Gasteiger partial charge on any atom is 0.240 e. The lowest BCUT2D eigenvalue weighted by atomic mass is 10.2. The van der Waals surface area contributed by atoms with Gasteiger partial charge in [-0.25, -0.2) is 13.1 Å². The molecule has 0 bridgehead atoms. The van der Waals surface area contributed by atoms with Crippen molar-refractivity contribution in [3.8, 4) is 5.75 Å². The Balaban J connectivity index is 2.17. The molecule has 1 aromatic rings. The summed E-state index contributed by atoms with van der Waals surface area (Å²) in [6, 6.07) is 4.97. The Labute approximate surface area is 120 Å². The van der Waals surface area contributed by atoms with Gasteiger partial charge in [-0.3, -0.25) is 0 Å². The lowest BCUT2D eigenvalue weighted by Crippen LogP contribution is -2.26. The van der Waals surface area contributed by atoms with Crippen LogP contribution in [0.1, 0.15) is 25.3 Å². The monoisotopic (exact) mass is 298 g/mol. The molecule has 0 unspecified atom stereocenters. The van der Waals surface area contributed by atoms with Gasteiger partial charge >= 0.3 is 0 Å². The Morgan fingerprint density at radius 2 is 2.10 bits per heavy atom. The largest absolute Gasteiger partial charge is 0.496 e. The van der Waals surface area contributed by atoms with E-state index >= 15 is 0 Å². The molecule has 0 heterocycles. The standard InChI is InChI=1S/C14H22N2O3S/c1-3-15-10-12-8-13(6-7-14(12)19-2)20(17,18)16-9-11-4-5-11/h6-8,11,15-16H,3-5,9-10H2,1-2H3. The Morgan fingerprint density at radius 1 is 1.35 bits per heavy atom. The lowest BCUT2D eigenvalue weighted by Gasteiger charge is -2.12. The van der Waals surface area contributed by atoms with Crippen molar-refractivity contribution in [2.24, 2.45) is 5.92 Å². The smallest absolute Gasteiger partial charge is 0.240 e. The number of rotatable bonds is 8. The maximum atomic E-state index is 12.2. The SMILES string of the molecule is CCNCc1cc(S(=O)(=O)NCC2CC2)ccc1OC. The molecule has 1 saturated carbocycles. The number of nitrogens with one attached hydrogen (secondary N) is 2. The van der Waals surface area contributed by atoms with E-state index in [0.717, 1.165) is 24.9 Å². The molecule has 0 radical (unpaired) electrons. The van der Waals surface area contributed by atoms with Crippen molar-refractivity contribution >= 4 is 10.0 Å². The number of sulfonamides is 1. The second-order valence-electron chi connectivity index (χ2n) is 5.05. The number of hydrogen-bond donors (Lipinski definition) is 2. The van der Waals surface area contributed by atoms with Gasteiger partial charge in [-0.15, -0.1) is 0 Å². The molecule has 1 aliphatic carbocycles. The molecule has 1 aromatic carbocycles. The van der Waals surface area contributed by atoms with Crippen LogP contribution in [0.4, 0.5) is 0 Å². The first kappa shape index (κ1) is 15.3. The summed E-state index contributed by atoms with van der Waals surface area (Å²) in [5.74, 6) is 1.22. The molecule has 112 valence electrons. The normalized spacial score (nSPS) is 15.3. The minimum absolute atomic E-state index is 0.298. The van der Waals surface area contributed by atoms with E-state index in [2.05, 4.69) is 10.0 Å². The van der Waals surface area contributed by atoms with Crippen LogP contribution in [-0.4, -0.2) is 28.6 Å². The van der Waals surface area contributed by atoms with Crippen molar-refractivity contribution in [3.05, 3.63) is 23.8 Å². The minimum atomic E-state index is -3.42. The molecule has 1 fully saturated rings. The van der Waals surface area contributed by atoms with Crippen LogP contribution in [0.5, 0.6) is 5.75 Å².